The van der Waals surface area contributed by atoms with Crippen LogP contribution in [0, 0.1) is 0 Å². The number of piperidine rings is 1. The number of carboxylic acids is 1. The average molecular weight is 455 g/mol. The van der Waals surface area contributed by atoms with Crippen LogP contribution in [0.25, 0.3) is 0 Å². The second-order valence-corrected chi connectivity index (χ2v) is 8.13. The van der Waals surface area contributed by atoms with E-state index < -0.39 is 11.6 Å². The molecule has 1 heterocycles. The molecule has 2 N–H and O–H groups in total. The number of hydrogen-bond acceptors (Lipinski definition) is 4. The van der Waals surface area contributed by atoms with Crippen LogP contribution in [-0.2, 0) is 17.9 Å². The van der Waals surface area contributed by atoms with Crippen molar-refractivity contribution in [3.8, 4) is 5.75 Å². The third-order valence-corrected chi connectivity index (χ3v) is 5.55. The molecule has 0 saturated carbocycles. The maximum atomic E-state index is 11.2. The molecular weight excluding hydrogens is 434 g/mol. The Morgan fingerprint density at radius 2 is 1.85 bits per heavy atom. The van der Waals surface area contributed by atoms with Gasteiger partial charge in [-0.2, -0.15) is 0 Å². The van der Waals surface area contributed by atoms with Crippen molar-refractivity contribution in [3.05, 3.63) is 63.1 Å². The molecule has 0 bridgehead atoms. The van der Waals surface area contributed by atoms with Gasteiger partial charge in [-0.1, -0.05) is 39.7 Å². The summed E-state index contributed by atoms with van der Waals surface area (Å²) in [6.07, 6.45) is 0.439. The average Bonchev–Trinajstić information content (AvgIpc) is 2.64. The van der Waals surface area contributed by atoms with Gasteiger partial charge < -0.3 is 14.9 Å². The Balaban J connectivity index is 1.66. The summed E-state index contributed by atoms with van der Waals surface area (Å²) < 4.78 is 6.96. The lowest BCUT2D eigenvalue weighted by Crippen LogP contribution is -2.49. The minimum absolute atomic E-state index is 0.220. The number of aliphatic hydroxyl groups is 1. The van der Waals surface area contributed by atoms with Crippen LogP contribution >= 0.6 is 27.5 Å². The van der Waals surface area contributed by atoms with E-state index >= 15 is 0 Å². The van der Waals surface area contributed by atoms with Crippen molar-refractivity contribution in [2.24, 2.45) is 0 Å². The number of rotatable bonds is 6. The van der Waals surface area contributed by atoms with E-state index in [1.54, 1.807) is 0 Å². The first kappa shape index (κ1) is 20.1. The van der Waals surface area contributed by atoms with Crippen molar-refractivity contribution in [2.45, 2.75) is 31.6 Å². The van der Waals surface area contributed by atoms with Gasteiger partial charge >= 0.3 is 5.97 Å². The molecule has 0 aromatic heterocycles. The minimum atomic E-state index is -1.61. The molecule has 0 atom stereocenters. The Morgan fingerprint density at radius 3 is 2.48 bits per heavy atom. The van der Waals surface area contributed by atoms with Gasteiger partial charge in [-0.25, -0.2) is 4.79 Å². The summed E-state index contributed by atoms with van der Waals surface area (Å²) in [6.45, 7) is 2.10. The van der Waals surface area contributed by atoms with Crippen molar-refractivity contribution in [1.82, 2.24) is 4.90 Å². The van der Waals surface area contributed by atoms with Gasteiger partial charge in [0.05, 0.1) is 0 Å². The zero-order valence-corrected chi connectivity index (χ0v) is 17.0. The number of carboxylic acid groups (broad SMARTS) is 1. The Kier molecular flexibility index (Phi) is 6.42. The molecule has 2 aromatic carbocycles. The van der Waals surface area contributed by atoms with Gasteiger partial charge in [-0.05, 0) is 48.7 Å². The van der Waals surface area contributed by atoms with Gasteiger partial charge in [-0.15, -0.1) is 0 Å². The lowest BCUT2D eigenvalue weighted by molar-refractivity contribution is -0.163. The summed E-state index contributed by atoms with van der Waals surface area (Å²) in [5, 5.41) is 19.9. The highest BCUT2D eigenvalue weighted by Crippen LogP contribution is 2.29. The third-order valence-electron chi connectivity index (χ3n) is 4.81. The van der Waals surface area contributed by atoms with Gasteiger partial charge in [0.15, 0.2) is 5.60 Å². The van der Waals surface area contributed by atoms with Gasteiger partial charge in [0.1, 0.15) is 12.4 Å². The normalized spacial score (nSPS) is 16.9. The van der Waals surface area contributed by atoms with E-state index in [1.165, 1.54) is 0 Å². The van der Waals surface area contributed by atoms with Crippen LogP contribution in [-0.4, -0.2) is 39.8 Å². The highest BCUT2D eigenvalue weighted by atomic mass is 79.9. The molecule has 2 aromatic rings. The Labute approximate surface area is 171 Å². The third kappa shape index (κ3) is 5.23. The second kappa shape index (κ2) is 8.61. The first-order valence-corrected chi connectivity index (χ1v) is 9.87. The van der Waals surface area contributed by atoms with Crippen LogP contribution in [0.1, 0.15) is 24.0 Å². The molecule has 7 heteroatoms. The van der Waals surface area contributed by atoms with Crippen molar-refractivity contribution in [2.75, 3.05) is 13.1 Å². The topological polar surface area (TPSA) is 70.0 Å². The smallest absolute Gasteiger partial charge is 0.335 e. The Bertz CT molecular complexity index is 804. The molecule has 1 aliphatic heterocycles. The molecule has 0 amide bonds. The van der Waals surface area contributed by atoms with Gasteiger partial charge in [0.25, 0.3) is 0 Å². The minimum Gasteiger partial charge on any atom is -0.489 e. The van der Waals surface area contributed by atoms with Crippen LogP contribution in [0.2, 0.25) is 5.02 Å². The molecular formula is C20H21BrClNO4. The summed E-state index contributed by atoms with van der Waals surface area (Å²) >= 11 is 9.41. The molecule has 0 spiro atoms. The zero-order chi connectivity index (χ0) is 19.4. The van der Waals surface area contributed by atoms with Gasteiger partial charge in [0.2, 0.25) is 0 Å². The fourth-order valence-corrected chi connectivity index (χ4v) is 3.62. The van der Waals surface area contributed by atoms with E-state index in [1.807, 2.05) is 42.5 Å². The van der Waals surface area contributed by atoms with Crippen LogP contribution in [0.3, 0.4) is 0 Å². The number of nitrogens with zero attached hydrogens (tertiary/aromatic N) is 1. The van der Waals surface area contributed by atoms with Crippen molar-refractivity contribution in [1.29, 1.82) is 0 Å². The first-order valence-electron chi connectivity index (χ1n) is 8.69. The van der Waals surface area contributed by atoms with Gasteiger partial charge in [-0.3, -0.25) is 4.90 Å². The standard InChI is InChI=1S/C20H21BrClNO4/c21-16-3-6-18(27-13-14-1-4-17(22)5-2-14)15(11-16)12-23-9-7-20(26,8-10-23)19(24)25/h1-6,11,26H,7-10,12-13H2,(H,24,25). The molecule has 0 aliphatic carbocycles. The van der Waals surface area contributed by atoms with E-state index in [2.05, 4.69) is 20.8 Å². The highest BCUT2D eigenvalue weighted by Gasteiger charge is 2.39. The number of likely N-dealkylation sites (tertiary alicyclic amines) is 1. The summed E-state index contributed by atoms with van der Waals surface area (Å²) in [5.74, 6) is -0.358. The largest absolute Gasteiger partial charge is 0.489 e. The lowest BCUT2D eigenvalue weighted by Gasteiger charge is -2.35. The molecule has 5 nitrogen and oxygen atoms in total. The van der Waals surface area contributed by atoms with Crippen LogP contribution < -0.4 is 4.74 Å². The van der Waals surface area contributed by atoms with Crippen LogP contribution in [0.15, 0.2) is 46.9 Å². The summed E-state index contributed by atoms with van der Waals surface area (Å²) in [6, 6.07) is 13.4. The molecule has 1 fully saturated rings. The molecule has 3 rings (SSSR count). The SMILES string of the molecule is O=C(O)C1(O)CCN(Cc2cc(Br)ccc2OCc2ccc(Cl)cc2)CC1. The fourth-order valence-electron chi connectivity index (χ4n) is 3.09. The molecule has 27 heavy (non-hydrogen) atoms. The van der Waals surface area contributed by atoms with Crippen LogP contribution in [0.5, 0.6) is 5.75 Å². The molecule has 1 aliphatic rings. The lowest BCUT2D eigenvalue weighted by atomic mass is 9.91. The number of halogens is 2. The number of benzene rings is 2. The van der Waals surface area contributed by atoms with E-state index in [4.69, 9.17) is 21.4 Å². The number of ether oxygens (including phenoxy) is 1. The van der Waals surface area contributed by atoms with E-state index in [-0.39, 0.29) is 12.8 Å². The van der Waals surface area contributed by atoms with Gasteiger partial charge in [0, 0.05) is 34.7 Å². The number of hydrogen-bond donors (Lipinski definition) is 2. The quantitative estimate of drug-likeness (QED) is 0.688. The number of carbonyl (C=O) groups is 1. The first-order chi connectivity index (χ1) is 12.9. The Morgan fingerprint density at radius 1 is 1.19 bits per heavy atom. The monoisotopic (exact) mass is 453 g/mol. The second-order valence-electron chi connectivity index (χ2n) is 6.78. The summed E-state index contributed by atoms with van der Waals surface area (Å²) in [7, 11) is 0. The summed E-state index contributed by atoms with van der Waals surface area (Å²) in [4.78, 5) is 13.3. The van der Waals surface area contributed by atoms with E-state index in [0.29, 0.717) is 31.3 Å². The van der Waals surface area contributed by atoms with Crippen LogP contribution in [0.4, 0.5) is 0 Å². The maximum absolute atomic E-state index is 11.2. The van der Waals surface area contributed by atoms with Crippen molar-refractivity contribution >= 4 is 33.5 Å². The maximum Gasteiger partial charge on any atom is 0.335 e. The summed E-state index contributed by atoms with van der Waals surface area (Å²) in [5.41, 5.74) is 0.429. The number of aliphatic carboxylic acids is 1. The fraction of sp³-hybridized carbons (Fsp3) is 0.350. The van der Waals surface area contributed by atoms with E-state index in [9.17, 15) is 9.90 Å². The predicted octanol–water partition coefficient (Wildman–Crippen LogP) is 4.09. The van der Waals surface area contributed by atoms with E-state index in [0.717, 1.165) is 21.3 Å². The van der Waals surface area contributed by atoms with Crippen molar-refractivity contribution in [3.63, 3.8) is 0 Å². The van der Waals surface area contributed by atoms with Crippen molar-refractivity contribution < 1.29 is 19.7 Å². The predicted molar refractivity (Wildman–Crippen MR) is 107 cm³/mol. The molecule has 0 radical (unpaired) electrons. The molecule has 1 saturated heterocycles. The molecule has 0 unspecified atom stereocenters. The highest BCUT2D eigenvalue weighted by molar-refractivity contribution is 9.10. The molecule has 144 valence electrons. The zero-order valence-electron chi connectivity index (χ0n) is 14.7. The Hall–Kier alpha value is -1.60.